The average molecular weight is 260 g/mol. The fraction of sp³-hybridized carbons (Fsp3) is 0.714. The molecule has 0 spiro atoms. The number of rotatable bonds is 1. The van der Waals surface area contributed by atoms with Gasteiger partial charge in [0, 0.05) is 11.5 Å². The van der Waals surface area contributed by atoms with E-state index in [0.717, 1.165) is 28.1 Å². The third kappa shape index (κ3) is 1.53. The molecular formula is C14H20N4O. The van der Waals surface area contributed by atoms with Gasteiger partial charge in [-0.25, -0.2) is 4.79 Å². The Morgan fingerprint density at radius 1 is 1.21 bits per heavy atom. The summed E-state index contributed by atoms with van der Waals surface area (Å²) in [5.74, 6) is 2.93. The van der Waals surface area contributed by atoms with Gasteiger partial charge in [-0.2, -0.15) is 9.78 Å². The summed E-state index contributed by atoms with van der Waals surface area (Å²) in [5.41, 5.74) is 12.3. The zero-order valence-corrected chi connectivity index (χ0v) is 11.0. The van der Waals surface area contributed by atoms with Crippen LogP contribution < -0.4 is 11.5 Å². The van der Waals surface area contributed by atoms with E-state index in [1.807, 2.05) is 6.07 Å². The molecule has 1 heterocycles. The first-order chi connectivity index (χ1) is 9.06. The van der Waals surface area contributed by atoms with Crippen LogP contribution in [0.4, 0.5) is 10.6 Å². The smallest absolute Gasteiger partial charge is 0.341 e. The molecule has 4 fully saturated rings. The van der Waals surface area contributed by atoms with E-state index in [1.54, 1.807) is 0 Å². The molecule has 0 saturated heterocycles. The number of nitrogens with zero attached hydrogens (tertiary/aromatic N) is 2. The van der Waals surface area contributed by atoms with E-state index in [1.165, 1.54) is 38.5 Å². The van der Waals surface area contributed by atoms with Gasteiger partial charge in [0.1, 0.15) is 5.82 Å². The van der Waals surface area contributed by atoms with Crippen molar-refractivity contribution in [1.82, 2.24) is 9.78 Å². The Hall–Kier alpha value is -1.52. The standard InChI is InChI=1S/C14H20N4O/c15-12-4-11(17-18(12)13(16)19)14-5-8-1-9(6-14)3-10(2-8)7-14/h4,8-10H,1-3,5-7,15H2,(H2,16,19). The fourth-order valence-electron chi connectivity index (χ4n) is 5.26. The SMILES string of the molecule is NC(=O)n1nc(C23CC4CC(CC(C4)C2)C3)cc1N. The van der Waals surface area contributed by atoms with Crippen LogP contribution in [0, 0.1) is 17.8 Å². The lowest BCUT2D eigenvalue weighted by Gasteiger charge is -2.56. The number of nitrogen functional groups attached to an aromatic ring is 1. The van der Waals surface area contributed by atoms with Crippen molar-refractivity contribution in [2.24, 2.45) is 23.5 Å². The molecule has 1 amide bonds. The summed E-state index contributed by atoms with van der Waals surface area (Å²) >= 11 is 0. The third-order valence-electron chi connectivity index (χ3n) is 5.53. The number of carbonyl (C=O) groups is 1. The second-order valence-corrected chi connectivity index (χ2v) is 6.90. The van der Waals surface area contributed by atoms with Crippen molar-refractivity contribution in [3.8, 4) is 0 Å². The zero-order chi connectivity index (χ0) is 13.2. The topological polar surface area (TPSA) is 86.9 Å². The van der Waals surface area contributed by atoms with E-state index in [2.05, 4.69) is 5.10 Å². The number of nitrogens with two attached hydrogens (primary N) is 2. The summed E-state index contributed by atoms with van der Waals surface area (Å²) in [5, 5.41) is 4.42. The maximum absolute atomic E-state index is 11.3. The van der Waals surface area contributed by atoms with Crippen molar-refractivity contribution in [3.05, 3.63) is 11.8 Å². The number of hydrogen-bond donors (Lipinski definition) is 2. The van der Waals surface area contributed by atoms with Gasteiger partial charge in [-0.3, -0.25) is 0 Å². The van der Waals surface area contributed by atoms with E-state index in [0.29, 0.717) is 5.82 Å². The third-order valence-corrected chi connectivity index (χ3v) is 5.53. The minimum atomic E-state index is -0.589. The van der Waals surface area contributed by atoms with Gasteiger partial charge in [0.2, 0.25) is 0 Å². The summed E-state index contributed by atoms with van der Waals surface area (Å²) < 4.78 is 1.15. The second kappa shape index (κ2) is 3.52. The van der Waals surface area contributed by atoms with Gasteiger partial charge in [-0.1, -0.05) is 0 Å². The Balaban J connectivity index is 1.75. The van der Waals surface area contributed by atoms with Gasteiger partial charge in [-0.05, 0) is 56.3 Å². The highest BCUT2D eigenvalue weighted by molar-refractivity contribution is 5.77. The molecular weight excluding hydrogens is 240 g/mol. The molecule has 0 unspecified atom stereocenters. The molecule has 102 valence electrons. The van der Waals surface area contributed by atoms with Crippen molar-refractivity contribution < 1.29 is 4.79 Å². The highest BCUT2D eigenvalue weighted by Gasteiger charge is 2.52. The Labute approximate surface area is 112 Å². The highest BCUT2D eigenvalue weighted by Crippen LogP contribution is 2.60. The summed E-state index contributed by atoms with van der Waals surface area (Å²) in [7, 11) is 0. The first kappa shape index (κ1) is 11.3. The Morgan fingerprint density at radius 3 is 2.16 bits per heavy atom. The number of hydrogen-bond acceptors (Lipinski definition) is 3. The Morgan fingerprint density at radius 2 is 1.74 bits per heavy atom. The van der Waals surface area contributed by atoms with E-state index in [-0.39, 0.29) is 5.41 Å². The largest absolute Gasteiger partial charge is 0.383 e. The van der Waals surface area contributed by atoms with Gasteiger partial charge in [0.05, 0.1) is 5.69 Å². The summed E-state index contributed by atoms with van der Waals surface area (Å²) in [6.45, 7) is 0. The van der Waals surface area contributed by atoms with Crippen LogP contribution in [0.25, 0.3) is 0 Å². The molecule has 1 aromatic rings. The molecule has 0 aromatic carbocycles. The zero-order valence-electron chi connectivity index (χ0n) is 11.0. The van der Waals surface area contributed by atoms with Gasteiger partial charge in [0.25, 0.3) is 0 Å². The first-order valence-electron chi connectivity index (χ1n) is 7.21. The predicted molar refractivity (Wildman–Crippen MR) is 71.5 cm³/mol. The lowest BCUT2D eigenvalue weighted by Crippen LogP contribution is -2.48. The Bertz CT molecular complexity index is 512. The van der Waals surface area contributed by atoms with Gasteiger partial charge in [-0.15, -0.1) is 0 Å². The van der Waals surface area contributed by atoms with Gasteiger partial charge < -0.3 is 11.5 Å². The van der Waals surface area contributed by atoms with Crippen molar-refractivity contribution in [2.45, 2.75) is 43.9 Å². The van der Waals surface area contributed by atoms with Crippen molar-refractivity contribution >= 4 is 11.8 Å². The van der Waals surface area contributed by atoms with Crippen LogP contribution in [0.1, 0.15) is 44.2 Å². The summed E-state index contributed by atoms with van der Waals surface area (Å²) in [6, 6.07) is 1.28. The van der Waals surface area contributed by atoms with Crippen LogP contribution in [-0.2, 0) is 5.41 Å². The van der Waals surface area contributed by atoms with E-state index in [9.17, 15) is 4.79 Å². The predicted octanol–water partition coefficient (Wildman–Crippen LogP) is 1.86. The van der Waals surface area contributed by atoms with Gasteiger partial charge >= 0.3 is 6.03 Å². The maximum atomic E-state index is 11.3. The van der Waals surface area contributed by atoms with Crippen LogP contribution >= 0.6 is 0 Å². The number of anilines is 1. The molecule has 4 saturated carbocycles. The fourth-order valence-corrected chi connectivity index (χ4v) is 5.26. The van der Waals surface area contributed by atoms with Crippen molar-refractivity contribution in [1.29, 1.82) is 0 Å². The van der Waals surface area contributed by atoms with Crippen LogP contribution in [0.3, 0.4) is 0 Å². The van der Waals surface area contributed by atoms with Crippen LogP contribution in [-0.4, -0.2) is 15.8 Å². The number of amides is 1. The molecule has 5 rings (SSSR count). The van der Waals surface area contributed by atoms with E-state index >= 15 is 0 Å². The average Bonchev–Trinajstić information content (AvgIpc) is 2.70. The highest BCUT2D eigenvalue weighted by atomic mass is 16.2. The lowest BCUT2D eigenvalue weighted by molar-refractivity contribution is -0.00734. The maximum Gasteiger partial charge on any atom is 0.341 e. The van der Waals surface area contributed by atoms with Crippen molar-refractivity contribution in [2.75, 3.05) is 5.73 Å². The van der Waals surface area contributed by atoms with Crippen LogP contribution in [0.15, 0.2) is 6.07 Å². The molecule has 4 aliphatic carbocycles. The molecule has 1 aromatic heterocycles. The molecule has 0 aliphatic heterocycles. The first-order valence-corrected chi connectivity index (χ1v) is 7.21. The number of aromatic nitrogens is 2. The second-order valence-electron chi connectivity index (χ2n) is 6.90. The monoisotopic (exact) mass is 260 g/mol. The van der Waals surface area contributed by atoms with Crippen molar-refractivity contribution in [3.63, 3.8) is 0 Å². The summed E-state index contributed by atoms with van der Waals surface area (Å²) in [6.07, 6.45) is 7.83. The molecule has 5 heteroatoms. The molecule has 0 radical (unpaired) electrons. The van der Waals surface area contributed by atoms with E-state index in [4.69, 9.17) is 11.5 Å². The molecule has 4 N–H and O–H groups in total. The number of primary amides is 1. The van der Waals surface area contributed by atoms with Gasteiger partial charge in [0.15, 0.2) is 0 Å². The van der Waals surface area contributed by atoms with Crippen LogP contribution in [0.2, 0.25) is 0 Å². The molecule has 4 aliphatic rings. The minimum Gasteiger partial charge on any atom is -0.383 e. The lowest BCUT2D eigenvalue weighted by atomic mass is 9.49. The molecule has 19 heavy (non-hydrogen) atoms. The molecule has 0 atom stereocenters. The quantitative estimate of drug-likeness (QED) is 0.808. The molecule has 5 nitrogen and oxygen atoms in total. The van der Waals surface area contributed by atoms with E-state index < -0.39 is 6.03 Å². The Kier molecular flexibility index (Phi) is 2.10. The minimum absolute atomic E-state index is 0.170. The number of carbonyl (C=O) groups excluding carboxylic acids is 1. The molecule has 4 bridgehead atoms. The van der Waals surface area contributed by atoms with Crippen LogP contribution in [0.5, 0.6) is 0 Å². The normalized spacial score (nSPS) is 39.7. The summed E-state index contributed by atoms with van der Waals surface area (Å²) in [4.78, 5) is 11.3.